The molecule has 0 spiro atoms. The van der Waals surface area contributed by atoms with Gasteiger partial charge in [0, 0.05) is 32.1 Å². The fourth-order valence-corrected chi connectivity index (χ4v) is 4.35. The number of aliphatic hydroxyl groups excluding tert-OH is 1. The Morgan fingerprint density at radius 3 is 2.68 bits per heavy atom. The number of likely N-dealkylation sites (tertiary alicyclic amines) is 1. The minimum absolute atomic E-state index is 0.194. The number of furan rings is 1. The van der Waals surface area contributed by atoms with Crippen LogP contribution in [0, 0.1) is 6.92 Å². The van der Waals surface area contributed by atoms with Gasteiger partial charge >= 0.3 is 0 Å². The minimum Gasteiger partial charge on any atom is -0.490 e. The van der Waals surface area contributed by atoms with Crippen molar-refractivity contribution in [1.82, 2.24) is 20.4 Å². The molecule has 0 aliphatic carbocycles. The van der Waals surface area contributed by atoms with E-state index in [-0.39, 0.29) is 6.61 Å². The van der Waals surface area contributed by atoms with Crippen LogP contribution in [0.5, 0.6) is 5.75 Å². The number of hydrogen-bond acceptors (Lipinski definition) is 8. The van der Waals surface area contributed by atoms with Crippen molar-refractivity contribution in [1.29, 1.82) is 0 Å². The number of nitrogens with zero attached hydrogens (tertiary/aromatic N) is 3. The lowest BCUT2D eigenvalue weighted by Crippen LogP contribution is -2.45. The van der Waals surface area contributed by atoms with Crippen molar-refractivity contribution in [3.63, 3.8) is 0 Å². The van der Waals surface area contributed by atoms with Gasteiger partial charge in [-0.25, -0.2) is 0 Å². The molecule has 0 saturated carbocycles. The summed E-state index contributed by atoms with van der Waals surface area (Å²) < 4.78 is 17.2. The summed E-state index contributed by atoms with van der Waals surface area (Å²) in [7, 11) is 0. The zero-order valence-electron chi connectivity index (χ0n) is 19.3. The quantitative estimate of drug-likeness (QED) is 0.388. The molecule has 0 amide bonds. The lowest BCUT2D eigenvalue weighted by molar-refractivity contribution is 0.0986. The molecule has 8 nitrogen and oxygen atoms in total. The molecule has 0 unspecified atom stereocenters. The molecule has 1 aliphatic heterocycles. The van der Waals surface area contributed by atoms with Crippen LogP contribution in [0.2, 0.25) is 0 Å². The van der Waals surface area contributed by atoms with Crippen LogP contribution in [0.3, 0.4) is 0 Å². The molecule has 2 N–H and O–H groups in total. The normalized spacial score (nSPS) is 16.2. The van der Waals surface area contributed by atoms with Gasteiger partial charge in [0.25, 0.3) is 5.89 Å². The summed E-state index contributed by atoms with van der Waals surface area (Å²) in [5, 5.41) is 22.7. The standard InChI is InChI=1S/C26H30N4O4/c1-18-28-29-26(33-18)25-14-22-23(8-5-9-24(22)34-25)32-17-21(31)15-27-20-10-12-30(13-11-20)16-19-6-3-2-4-7-19/h2-9,14,20-21,27,31H,10-13,15-17H2,1H3/t21-/m0/s1. The second kappa shape index (κ2) is 10.4. The minimum atomic E-state index is -0.609. The van der Waals surface area contributed by atoms with Crippen LogP contribution in [-0.4, -0.2) is 58.6 Å². The number of fused-ring (bicyclic) bond motifs is 1. The summed E-state index contributed by atoms with van der Waals surface area (Å²) in [5.41, 5.74) is 2.02. The molecule has 4 aromatic rings. The highest BCUT2D eigenvalue weighted by atomic mass is 16.5. The highest BCUT2D eigenvalue weighted by Gasteiger charge is 2.20. The van der Waals surface area contributed by atoms with Crippen molar-refractivity contribution in [3.8, 4) is 17.4 Å². The molecular weight excluding hydrogens is 432 g/mol. The van der Waals surface area contributed by atoms with Crippen molar-refractivity contribution in [3.05, 3.63) is 66.1 Å². The first kappa shape index (κ1) is 22.6. The van der Waals surface area contributed by atoms with Crippen LogP contribution in [0.25, 0.3) is 22.6 Å². The number of rotatable bonds is 9. The largest absolute Gasteiger partial charge is 0.490 e. The maximum Gasteiger partial charge on any atom is 0.283 e. The average Bonchev–Trinajstić information content (AvgIpc) is 3.49. The highest BCUT2D eigenvalue weighted by molar-refractivity contribution is 5.87. The first-order valence-corrected chi connectivity index (χ1v) is 11.8. The molecule has 8 heteroatoms. The molecule has 5 rings (SSSR count). The number of aromatic nitrogens is 2. The van der Waals surface area contributed by atoms with Gasteiger partial charge in [-0.2, -0.15) is 0 Å². The highest BCUT2D eigenvalue weighted by Crippen LogP contribution is 2.33. The zero-order valence-corrected chi connectivity index (χ0v) is 19.3. The fourth-order valence-electron chi connectivity index (χ4n) is 4.35. The summed E-state index contributed by atoms with van der Waals surface area (Å²) in [5.74, 6) is 1.95. The predicted octanol–water partition coefficient (Wildman–Crippen LogP) is 3.79. The average molecular weight is 463 g/mol. The molecule has 178 valence electrons. The van der Waals surface area contributed by atoms with Crippen molar-refractivity contribution in [2.45, 2.75) is 38.5 Å². The molecule has 1 fully saturated rings. The first-order chi connectivity index (χ1) is 16.6. The van der Waals surface area contributed by atoms with Crippen molar-refractivity contribution >= 4 is 11.0 Å². The number of ether oxygens (including phenoxy) is 1. The van der Waals surface area contributed by atoms with Gasteiger partial charge in [0.2, 0.25) is 5.89 Å². The molecule has 1 atom stereocenters. The van der Waals surface area contributed by atoms with Crippen molar-refractivity contribution < 1.29 is 18.7 Å². The molecule has 1 saturated heterocycles. The first-order valence-electron chi connectivity index (χ1n) is 11.8. The Morgan fingerprint density at radius 1 is 1.09 bits per heavy atom. The molecule has 2 aromatic heterocycles. The summed E-state index contributed by atoms with van der Waals surface area (Å²) in [6.07, 6.45) is 1.54. The molecule has 0 bridgehead atoms. The van der Waals surface area contributed by atoms with E-state index in [0.29, 0.717) is 41.5 Å². The Bertz CT molecular complexity index is 1200. The second-order valence-corrected chi connectivity index (χ2v) is 8.81. The van der Waals surface area contributed by atoms with E-state index in [1.54, 1.807) is 6.92 Å². The van der Waals surface area contributed by atoms with Crippen molar-refractivity contribution in [2.24, 2.45) is 0 Å². The van der Waals surface area contributed by atoms with E-state index in [1.807, 2.05) is 24.3 Å². The van der Waals surface area contributed by atoms with Crippen LogP contribution in [0.15, 0.2) is 63.4 Å². The Balaban J connectivity index is 1.09. The second-order valence-electron chi connectivity index (χ2n) is 8.81. The van der Waals surface area contributed by atoms with Gasteiger partial charge in [0.1, 0.15) is 24.0 Å². The number of benzene rings is 2. The lowest BCUT2D eigenvalue weighted by atomic mass is 10.0. The molecular formula is C26H30N4O4. The van der Waals surface area contributed by atoms with Crippen LogP contribution in [0.4, 0.5) is 0 Å². The van der Waals surface area contributed by atoms with Gasteiger partial charge in [0.05, 0.1) is 5.39 Å². The number of nitrogens with one attached hydrogen (secondary N) is 1. The maximum absolute atomic E-state index is 10.5. The van der Waals surface area contributed by atoms with E-state index in [0.717, 1.165) is 37.9 Å². The number of aryl methyl sites for hydroxylation is 1. The molecule has 0 radical (unpaired) electrons. The van der Waals surface area contributed by atoms with Crippen LogP contribution >= 0.6 is 0 Å². The van der Waals surface area contributed by atoms with E-state index in [4.69, 9.17) is 13.6 Å². The Morgan fingerprint density at radius 2 is 1.91 bits per heavy atom. The van der Waals surface area contributed by atoms with E-state index in [2.05, 4.69) is 50.7 Å². The molecule has 1 aliphatic rings. The summed E-state index contributed by atoms with van der Waals surface area (Å²) in [6.45, 7) is 5.54. The van der Waals surface area contributed by atoms with Gasteiger partial charge in [0.15, 0.2) is 5.76 Å². The number of piperidine rings is 1. The van der Waals surface area contributed by atoms with Gasteiger partial charge in [-0.3, -0.25) is 4.90 Å². The van der Waals surface area contributed by atoms with Crippen LogP contribution in [0.1, 0.15) is 24.3 Å². The van der Waals surface area contributed by atoms with Crippen molar-refractivity contribution in [2.75, 3.05) is 26.2 Å². The van der Waals surface area contributed by atoms with E-state index in [1.165, 1.54) is 5.56 Å². The Hall–Kier alpha value is -3.20. The lowest BCUT2D eigenvalue weighted by Gasteiger charge is -2.33. The zero-order chi connectivity index (χ0) is 23.3. The van der Waals surface area contributed by atoms with Gasteiger partial charge in [-0.05, 0) is 43.6 Å². The van der Waals surface area contributed by atoms with Crippen LogP contribution < -0.4 is 10.1 Å². The van der Waals surface area contributed by atoms with E-state index >= 15 is 0 Å². The van der Waals surface area contributed by atoms with Gasteiger partial charge in [-0.1, -0.05) is 36.4 Å². The molecule has 3 heterocycles. The third kappa shape index (κ3) is 5.47. The fraction of sp³-hybridized carbons (Fsp3) is 0.385. The number of hydrogen-bond donors (Lipinski definition) is 2. The third-order valence-electron chi connectivity index (χ3n) is 6.17. The number of aliphatic hydroxyl groups is 1. The van der Waals surface area contributed by atoms with E-state index < -0.39 is 6.10 Å². The molecule has 2 aromatic carbocycles. The monoisotopic (exact) mass is 462 g/mol. The van der Waals surface area contributed by atoms with Crippen LogP contribution in [-0.2, 0) is 6.54 Å². The Kier molecular flexibility index (Phi) is 6.89. The van der Waals surface area contributed by atoms with E-state index in [9.17, 15) is 5.11 Å². The van der Waals surface area contributed by atoms with Gasteiger partial charge < -0.3 is 24.0 Å². The topological polar surface area (TPSA) is 96.8 Å². The smallest absolute Gasteiger partial charge is 0.283 e. The van der Waals surface area contributed by atoms with Gasteiger partial charge in [-0.15, -0.1) is 10.2 Å². The molecule has 34 heavy (non-hydrogen) atoms. The third-order valence-corrected chi connectivity index (χ3v) is 6.17. The maximum atomic E-state index is 10.5. The predicted molar refractivity (Wildman–Crippen MR) is 128 cm³/mol. The Labute approximate surface area is 198 Å². The SMILES string of the molecule is Cc1nnc(-c2cc3c(OC[C@@H](O)CNC4CCN(Cc5ccccc5)CC4)cccc3o2)o1. The summed E-state index contributed by atoms with van der Waals surface area (Å²) >= 11 is 0. The summed E-state index contributed by atoms with van der Waals surface area (Å²) in [4.78, 5) is 2.49. The summed E-state index contributed by atoms with van der Waals surface area (Å²) in [6, 6.07) is 18.4.